The van der Waals surface area contributed by atoms with Crippen LogP contribution in [-0.2, 0) is 4.74 Å². The number of imidazole rings is 1. The predicted molar refractivity (Wildman–Crippen MR) is 84.7 cm³/mol. The van der Waals surface area contributed by atoms with Gasteiger partial charge in [-0.2, -0.15) is 0 Å². The van der Waals surface area contributed by atoms with Gasteiger partial charge in [0.15, 0.2) is 0 Å². The van der Waals surface area contributed by atoms with Gasteiger partial charge in [-0.3, -0.25) is 4.57 Å². The van der Waals surface area contributed by atoms with Gasteiger partial charge >= 0.3 is 0 Å². The average Bonchev–Trinajstić information content (AvgIpc) is 2.95. The predicted octanol–water partition coefficient (Wildman–Crippen LogP) is 3.37. The molecule has 1 N–H and O–H groups in total. The molecule has 1 aromatic heterocycles. The van der Waals surface area contributed by atoms with Crippen LogP contribution in [0, 0.1) is 0 Å². The highest BCUT2D eigenvalue weighted by atomic mass is 35.5. The van der Waals surface area contributed by atoms with Gasteiger partial charge in [0, 0.05) is 37.2 Å². The molecular weight excluding hydrogens is 290 g/mol. The fraction of sp³-hybridized carbons (Fsp3) is 0.400. The molecule has 21 heavy (non-hydrogen) atoms. The van der Waals surface area contributed by atoms with E-state index < -0.39 is 0 Å². The van der Waals surface area contributed by atoms with Gasteiger partial charge in [-0.05, 0) is 31.5 Å². The molecule has 0 atom stereocenters. The first-order chi connectivity index (χ1) is 10.3. The Kier molecular flexibility index (Phi) is 5.90. The van der Waals surface area contributed by atoms with Crippen molar-refractivity contribution in [2.45, 2.75) is 13.3 Å². The van der Waals surface area contributed by atoms with Crippen LogP contribution >= 0.6 is 11.6 Å². The summed E-state index contributed by atoms with van der Waals surface area (Å²) in [5.41, 5.74) is 0.856. The summed E-state index contributed by atoms with van der Waals surface area (Å²) < 4.78 is 12.6. The van der Waals surface area contributed by atoms with Crippen molar-refractivity contribution in [3.8, 4) is 11.4 Å². The van der Waals surface area contributed by atoms with Crippen molar-refractivity contribution >= 4 is 17.5 Å². The Hall–Kier alpha value is -1.72. The molecule has 0 aliphatic rings. The molecule has 5 nitrogen and oxygen atoms in total. The molecule has 2 rings (SSSR count). The fourth-order valence-electron chi connectivity index (χ4n) is 2.00. The van der Waals surface area contributed by atoms with Crippen LogP contribution in [0.5, 0.6) is 5.75 Å². The van der Waals surface area contributed by atoms with Gasteiger partial charge in [0.2, 0.25) is 5.95 Å². The van der Waals surface area contributed by atoms with Crippen LogP contribution in [0.25, 0.3) is 5.69 Å². The number of benzene rings is 1. The molecule has 0 spiro atoms. The van der Waals surface area contributed by atoms with Crippen LogP contribution in [0.15, 0.2) is 30.6 Å². The third-order valence-electron chi connectivity index (χ3n) is 2.99. The molecule has 1 aromatic carbocycles. The molecule has 0 unspecified atom stereocenters. The summed E-state index contributed by atoms with van der Waals surface area (Å²) in [5, 5.41) is 3.95. The molecule has 0 saturated heterocycles. The molecule has 0 radical (unpaired) electrons. The van der Waals surface area contributed by atoms with E-state index in [0.29, 0.717) is 5.02 Å². The number of anilines is 1. The number of aromatic nitrogens is 2. The SMILES string of the molecule is CCOCCCNc1nccn1-c1cc(Cl)ccc1OC. The molecule has 0 aliphatic heterocycles. The minimum Gasteiger partial charge on any atom is -0.495 e. The molecule has 0 aliphatic carbocycles. The molecule has 0 bridgehead atoms. The zero-order valence-electron chi connectivity index (χ0n) is 12.3. The molecule has 0 fully saturated rings. The highest BCUT2D eigenvalue weighted by Crippen LogP contribution is 2.28. The minimum atomic E-state index is 0.654. The van der Waals surface area contributed by atoms with E-state index in [1.807, 2.05) is 29.8 Å². The zero-order chi connectivity index (χ0) is 15.1. The number of halogens is 1. The van der Waals surface area contributed by atoms with Gasteiger partial charge in [-0.25, -0.2) is 4.98 Å². The van der Waals surface area contributed by atoms with E-state index in [4.69, 9.17) is 21.1 Å². The molecule has 114 valence electrons. The number of nitrogens with one attached hydrogen (secondary N) is 1. The normalized spacial score (nSPS) is 10.6. The zero-order valence-corrected chi connectivity index (χ0v) is 13.1. The number of hydrogen-bond donors (Lipinski definition) is 1. The smallest absolute Gasteiger partial charge is 0.207 e. The Balaban J connectivity index is 2.11. The first-order valence-electron chi connectivity index (χ1n) is 6.95. The van der Waals surface area contributed by atoms with Crippen molar-refractivity contribution in [1.29, 1.82) is 0 Å². The molecule has 6 heteroatoms. The lowest BCUT2D eigenvalue weighted by atomic mass is 10.3. The van der Waals surface area contributed by atoms with E-state index in [9.17, 15) is 0 Å². The van der Waals surface area contributed by atoms with Crippen LogP contribution < -0.4 is 10.1 Å². The lowest BCUT2D eigenvalue weighted by Gasteiger charge is -2.13. The van der Waals surface area contributed by atoms with Crippen molar-refractivity contribution in [3.05, 3.63) is 35.6 Å². The molecule has 0 amide bonds. The summed E-state index contributed by atoms with van der Waals surface area (Å²) in [5.74, 6) is 1.50. The lowest BCUT2D eigenvalue weighted by molar-refractivity contribution is 0.147. The first kappa shape index (κ1) is 15.7. The Morgan fingerprint density at radius 1 is 1.38 bits per heavy atom. The summed E-state index contributed by atoms with van der Waals surface area (Å²) in [6.07, 6.45) is 4.54. The maximum atomic E-state index is 6.08. The highest BCUT2D eigenvalue weighted by Gasteiger charge is 2.10. The monoisotopic (exact) mass is 309 g/mol. The number of methoxy groups -OCH3 is 1. The van der Waals surface area contributed by atoms with Crippen LogP contribution in [0.1, 0.15) is 13.3 Å². The van der Waals surface area contributed by atoms with Gasteiger partial charge in [-0.1, -0.05) is 11.6 Å². The van der Waals surface area contributed by atoms with Gasteiger partial charge in [0.05, 0.1) is 12.8 Å². The Labute approximate surface area is 129 Å². The topological polar surface area (TPSA) is 48.3 Å². The number of ether oxygens (including phenoxy) is 2. The number of hydrogen-bond acceptors (Lipinski definition) is 4. The number of rotatable bonds is 8. The Bertz CT molecular complexity index is 572. The second-order valence-corrected chi connectivity index (χ2v) is 4.85. The summed E-state index contributed by atoms with van der Waals surface area (Å²) in [4.78, 5) is 4.33. The first-order valence-corrected chi connectivity index (χ1v) is 7.33. The second-order valence-electron chi connectivity index (χ2n) is 4.41. The van der Waals surface area contributed by atoms with Crippen molar-refractivity contribution < 1.29 is 9.47 Å². The van der Waals surface area contributed by atoms with Gasteiger partial charge < -0.3 is 14.8 Å². The van der Waals surface area contributed by atoms with E-state index in [2.05, 4.69) is 10.3 Å². The third kappa shape index (κ3) is 4.12. The van der Waals surface area contributed by atoms with E-state index in [1.165, 1.54) is 0 Å². The van der Waals surface area contributed by atoms with Crippen molar-refractivity contribution in [2.24, 2.45) is 0 Å². The maximum Gasteiger partial charge on any atom is 0.207 e. The molecule has 1 heterocycles. The van der Waals surface area contributed by atoms with E-state index in [1.54, 1.807) is 19.4 Å². The lowest BCUT2D eigenvalue weighted by Crippen LogP contribution is -2.10. The maximum absolute atomic E-state index is 6.08. The average molecular weight is 310 g/mol. The minimum absolute atomic E-state index is 0.654. The Morgan fingerprint density at radius 2 is 2.24 bits per heavy atom. The third-order valence-corrected chi connectivity index (χ3v) is 3.23. The summed E-state index contributed by atoms with van der Waals surface area (Å²) in [7, 11) is 1.64. The van der Waals surface area contributed by atoms with Gasteiger partial charge in [-0.15, -0.1) is 0 Å². The summed E-state index contributed by atoms with van der Waals surface area (Å²) >= 11 is 6.08. The van der Waals surface area contributed by atoms with Crippen LogP contribution in [-0.4, -0.2) is 36.4 Å². The summed E-state index contributed by atoms with van der Waals surface area (Å²) in [6, 6.07) is 5.50. The van der Waals surface area contributed by atoms with Crippen LogP contribution in [0.3, 0.4) is 0 Å². The van der Waals surface area contributed by atoms with E-state index in [0.717, 1.165) is 43.6 Å². The number of nitrogens with zero attached hydrogens (tertiary/aromatic N) is 2. The Morgan fingerprint density at radius 3 is 3.00 bits per heavy atom. The van der Waals surface area contributed by atoms with Crippen molar-refractivity contribution in [3.63, 3.8) is 0 Å². The van der Waals surface area contributed by atoms with Gasteiger partial charge in [0.25, 0.3) is 0 Å². The van der Waals surface area contributed by atoms with E-state index in [-0.39, 0.29) is 0 Å². The van der Waals surface area contributed by atoms with Crippen LogP contribution in [0.2, 0.25) is 5.02 Å². The summed E-state index contributed by atoms with van der Waals surface area (Å²) in [6.45, 7) is 4.27. The van der Waals surface area contributed by atoms with E-state index >= 15 is 0 Å². The fourth-order valence-corrected chi connectivity index (χ4v) is 2.17. The quantitative estimate of drug-likeness (QED) is 0.760. The molecule has 0 saturated carbocycles. The second kappa shape index (κ2) is 7.90. The standard InChI is InChI=1S/C15H20ClN3O2/c1-3-21-10-4-7-17-15-18-8-9-19(15)13-11-12(16)5-6-14(13)20-2/h5-6,8-9,11H,3-4,7,10H2,1-2H3,(H,17,18). The van der Waals surface area contributed by atoms with Crippen molar-refractivity contribution in [2.75, 3.05) is 32.2 Å². The largest absolute Gasteiger partial charge is 0.495 e. The molecule has 2 aromatic rings. The molecular formula is C15H20ClN3O2. The highest BCUT2D eigenvalue weighted by molar-refractivity contribution is 6.30. The van der Waals surface area contributed by atoms with Crippen molar-refractivity contribution in [1.82, 2.24) is 9.55 Å². The van der Waals surface area contributed by atoms with Crippen LogP contribution in [0.4, 0.5) is 5.95 Å². The van der Waals surface area contributed by atoms with Gasteiger partial charge in [0.1, 0.15) is 5.75 Å².